The van der Waals surface area contributed by atoms with Gasteiger partial charge in [-0.25, -0.2) is 4.79 Å². The average molecular weight is 463 g/mol. The van der Waals surface area contributed by atoms with E-state index in [1.54, 1.807) is 7.11 Å². The highest BCUT2D eigenvalue weighted by molar-refractivity contribution is 5.92. The lowest BCUT2D eigenvalue weighted by Crippen LogP contribution is -2.40. The van der Waals surface area contributed by atoms with Gasteiger partial charge in [0.2, 0.25) is 0 Å². The van der Waals surface area contributed by atoms with Crippen molar-refractivity contribution in [1.82, 2.24) is 10.2 Å². The molecule has 0 radical (unpaired) electrons. The van der Waals surface area contributed by atoms with Gasteiger partial charge < -0.3 is 19.5 Å². The molecule has 4 rings (SSSR count). The fourth-order valence-electron chi connectivity index (χ4n) is 4.44. The van der Waals surface area contributed by atoms with Gasteiger partial charge in [0.05, 0.1) is 25.4 Å². The highest BCUT2D eigenvalue weighted by Crippen LogP contribution is 2.31. The van der Waals surface area contributed by atoms with Crippen molar-refractivity contribution in [3.8, 4) is 5.75 Å². The molecule has 1 atom stereocenters. The number of dihydropyridines is 1. The quantitative estimate of drug-likeness (QED) is 0.563. The number of ether oxygens (including phenoxy) is 3. The molecule has 0 spiro atoms. The first-order valence-electron chi connectivity index (χ1n) is 12.0. The number of benzene rings is 2. The molecule has 1 fully saturated rings. The zero-order valence-corrected chi connectivity index (χ0v) is 20.0. The lowest BCUT2D eigenvalue weighted by Gasteiger charge is -2.35. The average Bonchev–Trinajstić information content (AvgIpc) is 2.89. The summed E-state index contributed by atoms with van der Waals surface area (Å²) in [6.45, 7) is 5.57. The topological polar surface area (TPSA) is 60.0 Å². The molecule has 2 aliphatic rings. The van der Waals surface area contributed by atoms with Crippen LogP contribution in [0.4, 0.5) is 0 Å². The van der Waals surface area contributed by atoms with E-state index in [0.717, 1.165) is 55.0 Å². The molecule has 0 aromatic heterocycles. The van der Waals surface area contributed by atoms with E-state index in [1.807, 2.05) is 37.3 Å². The number of rotatable bonds is 9. The maximum atomic E-state index is 12.1. The Morgan fingerprint density at radius 1 is 1.06 bits per heavy atom. The van der Waals surface area contributed by atoms with Crippen molar-refractivity contribution in [2.45, 2.75) is 32.0 Å². The van der Waals surface area contributed by atoms with Crippen LogP contribution in [0.3, 0.4) is 0 Å². The van der Waals surface area contributed by atoms with Crippen LogP contribution in [0.1, 0.15) is 37.0 Å². The van der Waals surface area contributed by atoms with Crippen LogP contribution < -0.4 is 10.1 Å². The Morgan fingerprint density at radius 2 is 1.76 bits per heavy atom. The molecule has 1 saturated heterocycles. The number of hydrogen-bond donors (Lipinski definition) is 1. The lowest BCUT2D eigenvalue weighted by atomic mass is 9.99. The van der Waals surface area contributed by atoms with Gasteiger partial charge in [-0.3, -0.25) is 4.90 Å². The van der Waals surface area contributed by atoms with Gasteiger partial charge in [0.1, 0.15) is 11.9 Å². The summed E-state index contributed by atoms with van der Waals surface area (Å²) in [4.78, 5) is 14.5. The molecule has 2 aromatic carbocycles. The molecule has 0 aliphatic carbocycles. The number of nitrogens with zero attached hydrogens (tertiary/aromatic N) is 1. The Balaban J connectivity index is 1.36. The van der Waals surface area contributed by atoms with Gasteiger partial charge in [0.25, 0.3) is 0 Å². The van der Waals surface area contributed by atoms with E-state index in [4.69, 9.17) is 14.2 Å². The van der Waals surface area contributed by atoms with Gasteiger partial charge in [-0.05, 0) is 49.1 Å². The van der Waals surface area contributed by atoms with Gasteiger partial charge in [-0.2, -0.15) is 0 Å². The fourth-order valence-corrected chi connectivity index (χ4v) is 4.44. The second-order valence-corrected chi connectivity index (χ2v) is 8.61. The van der Waals surface area contributed by atoms with Crippen LogP contribution in [0.5, 0.6) is 5.75 Å². The third kappa shape index (κ3) is 6.27. The van der Waals surface area contributed by atoms with E-state index < -0.39 is 0 Å². The summed E-state index contributed by atoms with van der Waals surface area (Å²) in [5.74, 6) is 0.592. The second-order valence-electron chi connectivity index (χ2n) is 8.61. The van der Waals surface area contributed by atoms with Crippen molar-refractivity contribution in [3.63, 3.8) is 0 Å². The zero-order valence-electron chi connectivity index (χ0n) is 20.0. The summed E-state index contributed by atoms with van der Waals surface area (Å²) in [7, 11) is 1.68. The minimum atomic E-state index is -0.251. The SMILES string of the molecule is CCOC(=O)C1=CCNC(CN2CCC(OC(c3ccccc3)c3ccc(OC)cc3)CC2)=C1. The van der Waals surface area contributed by atoms with Crippen molar-refractivity contribution < 1.29 is 19.0 Å². The van der Waals surface area contributed by atoms with E-state index in [2.05, 4.69) is 46.6 Å². The number of hydrogen-bond acceptors (Lipinski definition) is 6. The molecule has 1 N–H and O–H groups in total. The van der Waals surface area contributed by atoms with E-state index >= 15 is 0 Å². The molecule has 34 heavy (non-hydrogen) atoms. The molecule has 1 unspecified atom stereocenters. The highest BCUT2D eigenvalue weighted by atomic mass is 16.5. The standard InChI is InChI=1S/C28H34N2O4/c1-3-33-28(31)23-13-16-29-24(19-23)20-30-17-14-26(15-18-30)34-27(21-7-5-4-6-8-21)22-9-11-25(32-2)12-10-22/h4-13,19,26-27,29H,3,14-18,20H2,1-2H3. The summed E-state index contributed by atoms with van der Waals surface area (Å²) in [6, 6.07) is 18.5. The molecule has 2 aromatic rings. The molecule has 6 nitrogen and oxygen atoms in total. The zero-order chi connectivity index (χ0) is 23.8. The predicted octanol–water partition coefficient (Wildman–Crippen LogP) is 4.24. The Bertz CT molecular complexity index is 993. The molecular weight excluding hydrogens is 428 g/mol. The number of carbonyl (C=O) groups is 1. The summed E-state index contributed by atoms with van der Waals surface area (Å²) < 4.78 is 17.1. The molecule has 2 heterocycles. The van der Waals surface area contributed by atoms with Crippen LogP contribution in [-0.2, 0) is 14.3 Å². The molecule has 0 amide bonds. The van der Waals surface area contributed by atoms with E-state index in [1.165, 1.54) is 0 Å². The molecule has 2 aliphatic heterocycles. The molecule has 0 bridgehead atoms. The summed E-state index contributed by atoms with van der Waals surface area (Å²) in [5.41, 5.74) is 3.98. The van der Waals surface area contributed by atoms with Crippen molar-refractivity contribution >= 4 is 5.97 Å². The van der Waals surface area contributed by atoms with E-state index in [-0.39, 0.29) is 18.2 Å². The maximum absolute atomic E-state index is 12.1. The van der Waals surface area contributed by atoms with Crippen molar-refractivity contribution in [1.29, 1.82) is 0 Å². The minimum absolute atomic E-state index is 0.108. The monoisotopic (exact) mass is 462 g/mol. The van der Waals surface area contributed by atoms with Crippen LogP contribution in [0.15, 0.2) is 78.0 Å². The van der Waals surface area contributed by atoms with E-state index in [0.29, 0.717) is 18.7 Å². The van der Waals surface area contributed by atoms with Gasteiger partial charge in [-0.1, -0.05) is 48.5 Å². The summed E-state index contributed by atoms with van der Waals surface area (Å²) in [6.07, 6.45) is 5.81. The van der Waals surface area contributed by atoms with Crippen LogP contribution >= 0.6 is 0 Å². The maximum Gasteiger partial charge on any atom is 0.337 e. The Labute approximate surface area is 202 Å². The van der Waals surface area contributed by atoms with Crippen LogP contribution in [0.25, 0.3) is 0 Å². The third-order valence-corrected chi connectivity index (χ3v) is 6.27. The predicted molar refractivity (Wildman–Crippen MR) is 133 cm³/mol. The summed E-state index contributed by atoms with van der Waals surface area (Å²) in [5, 5.41) is 3.38. The first kappa shape index (κ1) is 24.0. The first-order valence-corrected chi connectivity index (χ1v) is 12.0. The molecule has 6 heteroatoms. The number of nitrogens with one attached hydrogen (secondary N) is 1. The molecule has 0 saturated carbocycles. The van der Waals surface area contributed by atoms with Gasteiger partial charge in [0, 0.05) is 31.9 Å². The Hall–Kier alpha value is -3.09. The fraction of sp³-hybridized carbons (Fsp3) is 0.393. The number of carbonyl (C=O) groups excluding carboxylic acids is 1. The number of esters is 1. The minimum Gasteiger partial charge on any atom is -0.497 e. The number of piperidine rings is 1. The van der Waals surface area contributed by atoms with Crippen molar-refractivity contribution in [3.05, 3.63) is 89.1 Å². The largest absolute Gasteiger partial charge is 0.497 e. The van der Waals surface area contributed by atoms with Crippen LogP contribution in [0.2, 0.25) is 0 Å². The van der Waals surface area contributed by atoms with E-state index in [9.17, 15) is 4.79 Å². The van der Waals surface area contributed by atoms with Gasteiger partial charge >= 0.3 is 5.97 Å². The number of likely N-dealkylation sites (tertiary alicyclic amines) is 1. The van der Waals surface area contributed by atoms with Gasteiger partial charge in [0.15, 0.2) is 0 Å². The normalized spacial score (nSPS) is 17.8. The van der Waals surface area contributed by atoms with Crippen molar-refractivity contribution in [2.24, 2.45) is 0 Å². The molecular formula is C28H34N2O4. The third-order valence-electron chi connectivity index (χ3n) is 6.27. The molecule has 180 valence electrons. The van der Waals surface area contributed by atoms with Crippen LogP contribution in [0, 0.1) is 0 Å². The smallest absolute Gasteiger partial charge is 0.337 e. The van der Waals surface area contributed by atoms with Gasteiger partial charge in [-0.15, -0.1) is 0 Å². The lowest BCUT2D eigenvalue weighted by molar-refractivity contribution is -0.138. The van der Waals surface area contributed by atoms with Crippen molar-refractivity contribution in [2.75, 3.05) is 39.9 Å². The number of methoxy groups -OCH3 is 1. The first-order chi connectivity index (χ1) is 16.7. The van der Waals surface area contributed by atoms with Crippen LogP contribution in [-0.4, -0.2) is 56.9 Å². The summed E-state index contributed by atoms with van der Waals surface area (Å²) >= 11 is 0. The Kier molecular flexibility index (Phi) is 8.39. The second kappa shape index (κ2) is 11.9. The Morgan fingerprint density at radius 3 is 2.44 bits per heavy atom. The highest BCUT2D eigenvalue weighted by Gasteiger charge is 2.25.